The third kappa shape index (κ3) is 4.04. The molecule has 0 aliphatic rings. The monoisotopic (exact) mass is 622 g/mol. The van der Waals surface area contributed by atoms with Crippen LogP contribution in [0, 0.1) is 20.8 Å². The van der Waals surface area contributed by atoms with Gasteiger partial charge in [-0.15, -0.1) is 0 Å². The van der Waals surface area contributed by atoms with E-state index in [1.165, 1.54) is 115 Å². The van der Waals surface area contributed by atoms with Crippen LogP contribution in [-0.2, 0) is 0 Å². The van der Waals surface area contributed by atoms with E-state index in [-0.39, 0.29) is 0 Å². The van der Waals surface area contributed by atoms with Gasteiger partial charge in [0.25, 0.3) is 0 Å². The molecule has 0 saturated heterocycles. The first kappa shape index (κ1) is 28.1. The van der Waals surface area contributed by atoms with Gasteiger partial charge in [-0.05, 0) is 142 Å². The van der Waals surface area contributed by atoms with Crippen molar-refractivity contribution in [2.75, 3.05) is 0 Å². The number of benzene rings is 10. The third-order valence-electron chi connectivity index (χ3n) is 11.1. The van der Waals surface area contributed by atoms with Crippen LogP contribution in [0.25, 0.3) is 98.0 Å². The van der Waals surface area contributed by atoms with Crippen LogP contribution in [0.15, 0.2) is 152 Å². The van der Waals surface area contributed by atoms with E-state index in [0.29, 0.717) is 0 Å². The Labute approximate surface area is 286 Å². The zero-order valence-corrected chi connectivity index (χ0v) is 27.9. The smallest absolute Gasteiger partial charge is 0.00141 e. The molecule has 0 heteroatoms. The Kier molecular flexibility index (Phi) is 6.02. The van der Waals surface area contributed by atoms with Gasteiger partial charge in [0, 0.05) is 0 Å². The molecule has 0 radical (unpaired) electrons. The van der Waals surface area contributed by atoms with Gasteiger partial charge in [0.1, 0.15) is 0 Å². The molecule has 0 bridgehead atoms. The molecule has 0 aliphatic heterocycles. The van der Waals surface area contributed by atoms with Gasteiger partial charge in [-0.2, -0.15) is 0 Å². The Morgan fingerprint density at radius 2 is 0.571 bits per heavy atom. The van der Waals surface area contributed by atoms with Crippen molar-refractivity contribution in [2.24, 2.45) is 0 Å². The van der Waals surface area contributed by atoms with Crippen LogP contribution >= 0.6 is 0 Å². The molecule has 0 atom stereocenters. The average molecular weight is 623 g/mol. The highest BCUT2D eigenvalue weighted by molar-refractivity contribution is 6.31. The summed E-state index contributed by atoms with van der Waals surface area (Å²) in [6.07, 6.45) is 0. The van der Waals surface area contributed by atoms with Gasteiger partial charge in [0.05, 0.1) is 0 Å². The molecule has 49 heavy (non-hydrogen) atoms. The van der Waals surface area contributed by atoms with Gasteiger partial charge in [0.2, 0.25) is 0 Å². The van der Waals surface area contributed by atoms with Crippen LogP contribution < -0.4 is 0 Å². The third-order valence-corrected chi connectivity index (χ3v) is 11.1. The molecule has 0 heterocycles. The highest BCUT2D eigenvalue weighted by atomic mass is 14.2. The average Bonchev–Trinajstić information content (AvgIpc) is 3.15. The van der Waals surface area contributed by atoms with E-state index < -0.39 is 0 Å². The Hall–Kier alpha value is -5.98. The molecular weight excluding hydrogens is 589 g/mol. The molecule has 0 unspecified atom stereocenters. The van der Waals surface area contributed by atoms with Crippen molar-refractivity contribution in [3.63, 3.8) is 0 Å². The molecule has 0 spiro atoms. The van der Waals surface area contributed by atoms with Crippen molar-refractivity contribution in [3.8, 4) is 33.4 Å². The lowest BCUT2D eigenvalue weighted by Gasteiger charge is -2.21. The zero-order chi connectivity index (χ0) is 32.8. The highest BCUT2D eigenvalue weighted by Crippen LogP contribution is 2.48. The van der Waals surface area contributed by atoms with Crippen molar-refractivity contribution < 1.29 is 0 Å². The van der Waals surface area contributed by atoms with Crippen molar-refractivity contribution in [1.29, 1.82) is 0 Å². The Bertz CT molecular complexity index is 2850. The maximum Gasteiger partial charge on any atom is -0.00141 e. The van der Waals surface area contributed by atoms with E-state index in [4.69, 9.17) is 0 Å². The molecular formula is C49H34. The molecule has 10 aromatic rings. The zero-order valence-electron chi connectivity index (χ0n) is 27.9. The molecule has 10 rings (SSSR count). The molecule has 0 aromatic heterocycles. The van der Waals surface area contributed by atoms with E-state index in [0.717, 1.165) is 0 Å². The quantitative estimate of drug-likeness (QED) is 0.172. The van der Waals surface area contributed by atoms with Gasteiger partial charge >= 0.3 is 0 Å². The summed E-state index contributed by atoms with van der Waals surface area (Å²) < 4.78 is 0. The largest absolute Gasteiger partial charge is 0.0616 e. The van der Waals surface area contributed by atoms with E-state index in [1.807, 2.05) is 0 Å². The maximum atomic E-state index is 2.48. The van der Waals surface area contributed by atoms with Crippen LogP contribution in [0.1, 0.15) is 16.7 Å². The molecule has 0 nitrogen and oxygen atoms in total. The standard InChI is InChI=1S/C49H34/c1-29-16-21-39(36-13-7-4-10-33(29)36)40-24-19-32-20-25-44-46(41-22-17-30(2)34-11-5-8-14-37(34)41)28-47(45-27-26-43(40)48(32)49(44)45)42-23-18-31(3)35-12-6-9-15-38(35)42/h4-28H,1-3H3. The molecule has 10 aromatic carbocycles. The molecule has 0 fully saturated rings. The summed E-state index contributed by atoms with van der Waals surface area (Å²) in [5.74, 6) is 0. The van der Waals surface area contributed by atoms with Crippen molar-refractivity contribution in [1.82, 2.24) is 0 Å². The highest BCUT2D eigenvalue weighted by Gasteiger charge is 2.21. The van der Waals surface area contributed by atoms with Crippen LogP contribution in [-0.4, -0.2) is 0 Å². The summed E-state index contributed by atoms with van der Waals surface area (Å²) in [6.45, 7) is 6.65. The molecule has 230 valence electrons. The van der Waals surface area contributed by atoms with Gasteiger partial charge < -0.3 is 0 Å². The Morgan fingerprint density at radius 3 is 1.04 bits per heavy atom. The van der Waals surface area contributed by atoms with Crippen molar-refractivity contribution >= 4 is 64.6 Å². The summed E-state index contributed by atoms with van der Waals surface area (Å²) in [6, 6.07) is 57.1. The molecule has 0 N–H and O–H groups in total. The summed E-state index contributed by atoms with van der Waals surface area (Å²) in [5, 5.41) is 15.7. The van der Waals surface area contributed by atoms with E-state index in [1.54, 1.807) is 0 Å². The predicted molar refractivity (Wildman–Crippen MR) is 213 cm³/mol. The Balaban J connectivity index is 1.39. The summed E-state index contributed by atoms with van der Waals surface area (Å²) in [7, 11) is 0. The lowest BCUT2D eigenvalue weighted by molar-refractivity contribution is 1.52. The van der Waals surface area contributed by atoms with E-state index in [2.05, 4.69) is 172 Å². The fraction of sp³-hybridized carbons (Fsp3) is 0.0612. The lowest BCUT2D eigenvalue weighted by Crippen LogP contribution is -1.94. The first-order chi connectivity index (χ1) is 24.1. The second-order valence-corrected chi connectivity index (χ2v) is 13.8. The van der Waals surface area contributed by atoms with Gasteiger partial charge in [-0.3, -0.25) is 0 Å². The number of rotatable bonds is 3. The minimum absolute atomic E-state index is 1.28. The van der Waals surface area contributed by atoms with Gasteiger partial charge in [-0.1, -0.05) is 146 Å². The van der Waals surface area contributed by atoms with Crippen molar-refractivity contribution in [2.45, 2.75) is 20.8 Å². The maximum absolute atomic E-state index is 2.48. The van der Waals surface area contributed by atoms with Gasteiger partial charge in [-0.25, -0.2) is 0 Å². The predicted octanol–water partition coefficient (Wildman–Crippen LogP) is 14.0. The number of hydrogen-bond donors (Lipinski definition) is 0. The van der Waals surface area contributed by atoms with E-state index >= 15 is 0 Å². The first-order valence-electron chi connectivity index (χ1n) is 17.3. The second kappa shape index (κ2) is 10.5. The lowest BCUT2D eigenvalue weighted by atomic mass is 9.82. The summed E-state index contributed by atoms with van der Waals surface area (Å²) in [4.78, 5) is 0. The van der Waals surface area contributed by atoms with Crippen LogP contribution in [0.2, 0.25) is 0 Å². The van der Waals surface area contributed by atoms with Crippen LogP contribution in [0.4, 0.5) is 0 Å². The van der Waals surface area contributed by atoms with Gasteiger partial charge in [0.15, 0.2) is 0 Å². The number of hydrogen-bond acceptors (Lipinski definition) is 0. The van der Waals surface area contributed by atoms with Crippen LogP contribution in [0.5, 0.6) is 0 Å². The SMILES string of the molecule is Cc1ccc(-c2ccc3ccc4c(-c5ccc(C)c6ccccc56)cc(-c5ccc(C)c6ccccc56)c5ccc2c3c45)c2ccccc12. The Morgan fingerprint density at radius 1 is 0.245 bits per heavy atom. The van der Waals surface area contributed by atoms with Crippen molar-refractivity contribution in [3.05, 3.63) is 168 Å². The normalized spacial score (nSPS) is 12.0. The first-order valence-corrected chi connectivity index (χ1v) is 17.3. The fourth-order valence-corrected chi connectivity index (χ4v) is 8.63. The molecule has 0 amide bonds. The summed E-state index contributed by atoms with van der Waals surface area (Å²) >= 11 is 0. The number of fused-ring (bicyclic) bond motifs is 3. The minimum atomic E-state index is 1.28. The molecule has 0 aliphatic carbocycles. The number of aryl methyl sites for hydroxylation is 3. The fourth-order valence-electron chi connectivity index (χ4n) is 8.63. The molecule has 0 saturated carbocycles. The van der Waals surface area contributed by atoms with E-state index in [9.17, 15) is 0 Å². The second-order valence-electron chi connectivity index (χ2n) is 13.8. The van der Waals surface area contributed by atoms with Crippen LogP contribution in [0.3, 0.4) is 0 Å². The topological polar surface area (TPSA) is 0 Å². The summed E-state index contributed by atoms with van der Waals surface area (Å²) in [5.41, 5.74) is 11.6. The minimum Gasteiger partial charge on any atom is -0.0616 e.